The summed E-state index contributed by atoms with van der Waals surface area (Å²) >= 11 is 6.50. The largest absolute Gasteiger partial charge is 0.337 e. The molecule has 2 aromatic carbocycles. The van der Waals surface area contributed by atoms with Crippen molar-refractivity contribution in [3.05, 3.63) is 71.6 Å². The Kier molecular flexibility index (Phi) is 5.44. The Morgan fingerprint density at radius 1 is 1.18 bits per heavy atom. The van der Waals surface area contributed by atoms with Gasteiger partial charge in [0.1, 0.15) is 11.4 Å². The fourth-order valence-corrected chi connectivity index (χ4v) is 3.91. The molecule has 0 saturated carbocycles. The van der Waals surface area contributed by atoms with E-state index in [1.807, 2.05) is 61.5 Å². The van der Waals surface area contributed by atoms with Gasteiger partial charge in [0.25, 0.3) is 0 Å². The molecule has 1 aliphatic heterocycles. The summed E-state index contributed by atoms with van der Waals surface area (Å²) in [5.74, 6) is 0.900. The maximum Gasteiger partial charge on any atom is 0.249 e. The maximum atomic E-state index is 13.1. The smallest absolute Gasteiger partial charge is 0.249 e. The lowest BCUT2D eigenvalue weighted by molar-refractivity contribution is -0.135. The van der Waals surface area contributed by atoms with Crippen LogP contribution in [0.15, 0.2) is 59.1 Å². The summed E-state index contributed by atoms with van der Waals surface area (Å²) < 4.78 is 5.57. The van der Waals surface area contributed by atoms with Gasteiger partial charge in [0, 0.05) is 12.1 Å². The molecule has 0 spiro atoms. The average molecular weight is 396 g/mol. The Balaban J connectivity index is 1.58. The van der Waals surface area contributed by atoms with Crippen LogP contribution in [0.3, 0.4) is 0 Å². The minimum atomic E-state index is -0.721. The number of benzene rings is 2. The number of carbonyl (C=O) groups excluding carboxylic acids is 1. The SMILES string of the molecule is Cc1cccc(-c2noc([C@H]3CCCCN3C(=O)[C@H](Cl)c3ccccc3)n2)c1. The number of aryl methyl sites for hydroxylation is 1. The minimum absolute atomic E-state index is 0.118. The quantitative estimate of drug-likeness (QED) is 0.578. The first kappa shape index (κ1) is 18.7. The molecule has 6 heteroatoms. The molecule has 1 amide bonds. The van der Waals surface area contributed by atoms with E-state index in [1.54, 1.807) is 4.90 Å². The molecule has 3 aromatic rings. The van der Waals surface area contributed by atoms with E-state index in [0.717, 1.165) is 36.0 Å². The molecule has 0 radical (unpaired) electrons. The Morgan fingerprint density at radius 2 is 2.00 bits per heavy atom. The van der Waals surface area contributed by atoms with Crippen LogP contribution in [-0.2, 0) is 4.79 Å². The highest BCUT2D eigenvalue weighted by molar-refractivity contribution is 6.30. The summed E-state index contributed by atoms with van der Waals surface area (Å²) in [6.45, 7) is 2.66. The minimum Gasteiger partial charge on any atom is -0.337 e. The molecule has 2 atom stereocenters. The van der Waals surface area contributed by atoms with E-state index in [4.69, 9.17) is 16.1 Å². The molecule has 0 bridgehead atoms. The van der Waals surface area contributed by atoms with Crippen molar-refractivity contribution in [2.45, 2.75) is 37.6 Å². The molecule has 0 aliphatic carbocycles. The maximum absolute atomic E-state index is 13.1. The van der Waals surface area contributed by atoms with Crippen molar-refractivity contribution in [3.63, 3.8) is 0 Å². The van der Waals surface area contributed by atoms with Gasteiger partial charge in [-0.15, -0.1) is 11.6 Å². The van der Waals surface area contributed by atoms with Gasteiger partial charge in [-0.2, -0.15) is 4.98 Å². The number of hydrogen-bond acceptors (Lipinski definition) is 4. The van der Waals surface area contributed by atoms with Gasteiger partial charge in [0.15, 0.2) is 0 Å². The third kappa shape index (κ3) is 3.80. The summed E-state index contributed by atoms with van der Waals surface area (Å²) in [5, 5.41) is 3.42. The first-order valence-corrected chi connectivity index (χ1v) is 9.97. The van der Waals surface area contributed by atoms with Crippen molar-refractivity contribution in [1.82, 2.24) is 15.0 Å². The number of piperidine rings is 1. The molecule has 1 fully saturated rings. The van der Waals surface area contributed by atoms with E-state index in [-0.39, 0.29) is 11.9 Å². The number of aromatic nitrogens is 2. The average Bonchev–Trinajstić information content (AvgIpc) is 3.23. The van der Waals surface area contributed by atoms with Crippen LogP contribution >= 0.6 is 11.6 Å². The first-order valence-electron chi connectivity index (χ1n) is 9.53. The van der Waals surface area contributed by atoms with Crippen LogP contribution < -0.4 is 0 Å². The summed E-state index contributed by atoms with van der Waals surface area (Å²) in [6, 6.07) is 17.2. The molecule has 4 rings (SSSR count). The van der Waals surface area contributed by atoms with E-state index in [2.05, 4.69) is 10.1 Å². The second-order valence-corrected chi connectivity index (χ2v) is 7.58. The zero-order chi connectivity index (χ0) is 19.5. The van der Waals surface area contributed by atoms with Gasteiger partial charge < -0.3 is 9.42 Å². The number of likely N-dealkylation sites (tertiary alicyclic amines) is 1. The molecule has 1 aromatic heterocycles. The van der Waals surface area contributed by atoms with E-state index in [0.29, 0.717) is 18.3 Å². The fraction of sp³-hybridized carbons (Fsp3) is 0.318. The summed E-state index contributed by atoms with van der Waals surface area (Å²) in [6.07, 6.45) is 2.74. The number of carbonyl (C=O) groups is 1. The van der Waals surface area contributed by atoms with Gasteiger partial charge in [-0.1, -0.05) is 59.3 Å². The van der Waals surface area contributed by atoms with Crippen LogP contribution in [0.1, 0.15) is 47.7 Å². The number of nitrogens with zero attached hydrogens (tertiary/aromatic N) is 3. The molecule has 0 unspecified atom stereocenters. The van der Waals surface area contributed by atoms with Gasteiger partial charge in [-0.3, -0.25) is 4.79 Å². The second-order valence-electron chi connectivity index (χ2n) is 7.14. The van der Waals surface area contributed by atoms with Crippen molar-refractivity contribution in [1.29, 1.82) is 0 Å². The summed E-state index contributed by atoms with van der Waals surface area (Å²) in [5.41, 5.74) is 2.83. The van der Waals surface area contributed by atoms with E-state index in [9.17, 15) is 4.79 Å². The van der Waals surface area contributed by atoms with Crippen molar-refractivity contribution in [2.75, 3.05) is 6.54 Å². The zero-order valence-electron chi connectivity index (χ0n) is 15.7. The Bertz CT molecular complexity index is 957. The van der Waals surface area contributed by atoms with Crippen molar-refractivity contribution in [2.24, 2.45) is 0 Å². The lowest BCUT2D eigenvalue weighted by atomic mass is 10.0. The second kappa shape index (κ2) is 8.15. The molecule has 2 heterocycles. The van der Waals surface area contributed by atoms with Crippen molar-refractivity contribution >= 4 is 17.5 Å². The van der Waals surface area contributed by atoms with Gasteiger partial charge in [0.05, 0.1) is 0 Å². The predicted molar refractivity (Wildman–Crippen MR) is 108 cm³/mol. The van der Waals surface area contributed by atoms with E-state index >= 15 is 0 Å². The molecule has 28 heavy (non-hydrogen) atoms. The lowest BCUT2D eigenvalue weighted by Crippen LogP contribution is -2.40. The van der Waals surface area contributed by atoms with Gasteiger partial charge in [-0.25, -0.2) is 0 Å². The topological polar surface area (TPSA) is 59.2 Å². The van der Waals surface area contributed by atoms with E-state index in [1.165, 1.54) is 0 Å². The predicted octanol–water partition coefficient (Wildman–Crippen LogP) is 5.08. The lowest BCUT2D eigenvalue weighted by Gasteiger charge is -2.34. The van der Waals surface area contributed by atoms with Gasteiger partial charge in [-0.05, 0) is 37.8 Å². The Labute approximate surface area is 169 Å². The molecule has 144 valence electrons. The standard InChI is InChI=1S/C22H22ClN3O2/c1-15-8-7-11-17(14-15)20-24-21(28-25-20)18-12-5-6-13-26(18)22(27)19(23)16-9-3-2-4-10-16/h2-4,7-11,14,18-19H,5-6,12-13H2,1H3/t18-,19-/m1/s1. The molecular formula is C22H22ClN3O2. The van der Waals surface area contributed by atoms with Gasteiger partial charge >= 0.3 is 0 Å². The van der Waals surface area contributed by atoms with Gasteiger partial charge in [0.2, 0.25) is 17.6 Å². The summed E-state index contributed by atoms with van der Waals surface area (Å²) in [7, 11) is 0. The number of hydrogen-bond donors (Lipinski definition) is 0. The molecule has 5 nitrogen and oxygen atoms in total. The number of alkyl halides is 1. The van der Waals surface area contributed by atoms with E-state index < -0.39 is 5.38 Å². The Morgan fingerprint density at radius 3 is 2.79 bits per heavy atom. The zero-order valence-corrected chi connectivity index (χ0v) is 16.5. The molecule has 1 saturated heterocycles. The normalized spacial score (nSPS) is 18.1. The highest BCUT2D eigenvalue weighted by atomic mass is 35.5. The molecule has 0 N–H and O–H groups in total. The Hall–Kier alpha value is -2.66. The fourth-order valence-electron chi connectivity index (χ4n) is 3.63. The van der Waals surface area contributed by atoms with Crippen LogP contribution in [-0.4, -0.2) is 27.5 Å². The van der Waals surface area contributed by atoms with Crippen molar-refractivity contribution < 1.29 is 9.32 Å². The van der Waals surface area contributed by atoms with Crippen LogP contribution in [0.4, 0.5) is 0 Å². The monoisotopic (exact) mass is 395 g/mol. The van der Waals surface area contributed by atoms with Crippen LogP contribution in [0.2, 0.25) is 0 Å². The number of amides is 1. The molecular weight excluding hydrogens is 374 g/mol. The highest BCUT2D eigenvalue weighted by Crippen LogP contribution is 2.35. The number of rotatable bonds is 4. The molecule has 1 aliphatic rings. The third-order valence-electron chi connectivity index (χ3n) is 5.10. The van der Waals surface area contributed by atoms with Crippen LogP contribution in [0, 0.1) is 6.92 Å². The van der Waals surface area contributed by atoms with Crippen LogP contribution in [0.25, 0.3) is 11.4 Å². The highest BCUT2D eigenvalue weighted by Gasteiger charge is 2.35. The summed E-state index contributed by atoms with van der Waals surface area (Å²) in [4.78, 5) is 19.5. The first-order chi connectivity index (χ1) is 13.6. The third-order valence-corrected chi connectivity index (χ3v) is 5.54. The number of halogens is 1. The van der Waals surface area contributed by atoms with Crippen molar-refractivity contribution in [3.8, 4) is 11.4 Å². The van der Waals surface area contributed by atoms with Crippen LogP contribution in [0.5, 0.6) is 0 Å².